The molecule has 1 aliphatic heterocycles. The molecule has 6 heteroatoms. The zero-order valence-corrected chi connectivity index (χ0v) is 11.2. The summed E-state index contributed by atoms with van der Waals surface area (Å²) in [6.07, 6.45) is 2.62. The highest BCUT2D eigenvalue weighted by Crippen LogP contribution is 2.11. The molecule has 2 N–H and O–H groups in total. The first kappa shape index (κ1) is 13.7. The van der Waals surface area contributed by atoms with Crippen LogP contribution in [0, 0.1) is 5.92 Å². The molecule has 2 heterocycles. The van der Waals surface area contributed by atoms with Gasteiger partial charge >= 0.3 is 5.97 Å². The summed E-state index contributed by atoms with van der Waals surface area (Å²) in [4.78, 5) is 13.1. The van der Waals surface area contributed by atoms with E-state index < -0.39 is 5.97 Å². The predicted molar refractivity (Wildman–Crippen MR) is 72.3 cm³/mol. The number of nitrogens with one attached hydrogen (secondary N) is 1. The zero-order chi connectivity index (χ0) is 13.7. The van der Waals surface area contributed by atoms with Crippen LogP contribution in [0.25, 0.3) is 0 Å². The van der Waals surface area contributed by atoms with E-state index in [1.165, 1.54) is 32.0 Å². The Kier molecular flexibility index (Phi) is 4.68. The molecule has 104 valence electrons. The van der Waals surface area contributed by atoms with Crippen molar-refractivity contribution in [3.63, 3.8) is 0 Å². The van der Waals surface area contributed by atoms with Gasteiger partial charge in [-0.05, 0) is 44.0 Å². The van der Waals surface area contributed by atoms with E-state index >= 15 is 0 Å². The number of carboxylic acid groups (broad SMARTS) is 1. The van der Waals surface area contributed by atoms with E-state index in [0.717, 1.165) is 13.1 Å². The highest BCUT2D eigenvalue weighted by molar-refractivity contribution is 5.85. The van der Waals surface area contributed by atoms with Crippen molar-refractivity contribution in [3.8, 4) is 0 Å². The van der Waals surface area contributed by atoms with Crippen LogP contribution in [0.15, 0.2) is 12.1 Å². The van der Waals surface area contributed by atoms with Gasteiger partial charge in [0, 0.05) is 13.1 Å². The lowest BCUT2D eigenvalue weighted by Gasteiger charge is -2.20. The summed E-state index contributed by atoms with van der Waals surface area (Å²) in [5.41, 5.74) is -0.0318. The van der Waals surface area contributed by atoms with Gasteiger partial charge in [-0.25, -0.2) is 4.79 Å². The molecule has 0 bridgehead atoms. The molecule has 1 saturated heterocycles. The molecule has 1 unspecified atom stereocenters. The molecule has 1 fully saturated rings. The molecule has 6 nitrogen and oxygen atoms in total. The van der Waals surface area contributed by atoms with Crippen molar-refractivity contribution in [2.24, 2.45) is 5.92 Å². The second kappa shape index (κ2) is 6.47. The lowest BCUT2D eigenvalue weighted by Crippen LogP contribution is -2.29. The van der Waals surface area contributed by atoms with Crippen LogP contribution in [0.4, 0.5) is 5.82 Å². The monoisotopic (exact) mass is 264 g/mol. The number of hydrogen-bond acceptors (Lipinski definition) is 5. The number of anilines is 1. The Hall–Kier alpha value is -1.69. The maximum absolute atomic E-state index is 10.6. The summed E-state index contributed by atoms with van der Waals surface area (Å²) in [5.74, 6) is 0.0961. The Balaban J connectivity index is 1.76. The van der Waals surface area contributed by atoms with Gasteiger partial charge in [0.05, 0.1) is 0 Å². The van der Waals surface area contributed by atoms with Crippen molar-refractivity contribution < 1.29 is 9.90 Å². The van der Waals surface area contributed by atoms with E-state index in [1.54, 1.807) is 6.07 Å². The van der Waals surface area contributed by atoms with Crippen LogP contribution < -0.4 is 5.32 Å². The average Bonchev–Trinajstić information content (AvgIpc) is 2.89. The number of rotatable bonds is 6. The highest BCUT2D eigenvalue weighted by atomic mass is 16.4. The van der Waals surface area contributed by atoms with E-state index in [9.17, 15) is 4.79 Å². The average molecular weight is 264 g/mol. The van der Waals surface area contributed by atoms with Gasteiger partial charge in [0.25, 0.3) is 0 Å². The summed E-state index contributed by atoms with van der Waals surface area (Å²) in [7, 11) is 0. The van der Waals surface area contributed by atoms with E-state index in [-0.39, 0.29) is 5.69 Å². The van der Waals surface area contributed by atoms with E-state index in [1.807, 2.05) is 0 Å². The van der Waals surface area contributed by atoms with Crippen molar-refractivity contribution in [1.82, 2.24) is 15.1 Å². The Labute approximate surface area is 112 Å². The van der Waals surface area contributed by atoms with Gasteiger partial charge in [0.2, 0.25) is 0 Å². The van der Waals surface area contributed by atoms with Gasteiger partial charge in [-0.15, -0.1) is 10.2 Å². The molecule has 1 atom stereocenters. The topological polar surface area (TPSA) is 78.3 Å². The molecule has 19 heavy (non-hydrogen) atoms. The van der Waals surface area contributed by atoms with Crippen LogP contribution in [-0.2, 0) is 0 Å². The van der Waals surface area contributed by atoms with Crippen molar-refractivity contribution in [1.29, 1.82) is 0 Å². The largest absolute Gasteiger partial charge is 0.476 e. The summed E-state index contributed by atoms with van der Waals surface area (Å²) in [6.45, 7) is 6.52. The van der Waals surface area contributed by atoms with Gasteiger partial charge in [-0.1, -0.05) is 6.92 Å². The van der Waals surface area contributed by atoms with Gasteiger partial charge in [-0.3, -0.25) is 0 Å². The third-order valence-electron chi connectivity index (χ3n) is 3.28. The second-order valence-electron chi connectivity index (χ2n) is 5.10. The number of hydrogen-bond donors (Lipinski definition) is 2. The van der Waals surface area contributed by atoms with Gasteiger partial charge in [0.15, 0.2) is 5.69 Å². The summed E-state index contributed by atoms with van der Waals surface area (Å²) < 4.78 is 0. The van der Waals surface area contributed by atoms with Crippen LogP contribution in [0.3, 0.4) is 0 Å². The first-order chi connectivity index (χ1) is 9.15. The van der Waals surface area contributed by atoms with Crippen LogP contribution >= 0.6 is 0 Å². The minimum atomic E-state index is -1.05. The molecule has 0 spiro atoms. The van der Waals surface area contributed by atoms with Crippen LogP contribution in [-0.4, -0.2) is 52.4 Å². The van der Waals surface area contributed by atoms with Crippen molar-refractivity contribution in [2.75, 3.05) is 31.5 Å². The Morgan fingerprint density at radius 1 is 1.42 bits per heavy atom. The fourth-order valence-electron chi connectivity index (χ4n) is 2.29. The Morgan fingerprint density at radius 3 is 2.74 bits per heavy atom. The molecule has 0 aromatic carbocycles. The van der Waals surface area contributed by atoms with Crippen LogP contribution in [0.2, 0.25) is 0 Å². The molecular formula is C13H20N4O2. The second-order valence-corrected chi connectivity index (χ2v) is 5.10. The van der Waals surface area contributed by atoms with E-state index in [4.69, 9.17) is 5.11 Å². The first-order valence-corrected chi connectivity index (χ1v) is 6.68. The van der Waals surface area contributed by atoms with Crippen molar-refractivity contribution in [3.05, 3.63) is 17.8 Å². The maximum Gasteiger partial charge on any atom is 0.356 e. The van der Waals surface area contributed by atoms with Gasteiger partial charge < -0.3 is 15.3 Å². The minimum absolute atomic E-state index is 0.0318. The lowest BCUT2D eigenvalue weighted by molar-refractivity contribution is 0.0689. The minimum Gasteiger partial charge on any atom is -0.476 e. The standard InChI is InChI=1S/C13H20N4O2/c1-10(9-17-6-2-3-7-17)8-14-12-5-4-11(13(18)19)15-16-12/h4-5,10H,2-3,6-9H2,1H3,(H,14,16)(H,18,19). The van der Waals surface area contributed by atoms with Crippen LogP contribution in [0.1, 0.15) is 30.3 Å². The SMILES string of the molecule is CC(CNc1ccc(C(=O)O)nn1)CN1CCCC1. The predicted octanol–water partition coefficient (Wildman–Crippen LogP) is 1.32. The number of nitrogens with zero attached hydrogens (tertiary/aromatic N) is 3. The summed E-state index contributed by atoms with van der Waals surface area (Å²) in [6, 6.07) is 3.11. The van der Waals surface area contributed by atoms with Crippen molar-refractivity contribution >= 4 is 11.8 Å². The molecule has 2 rings (SSSR count). The quantitative estimate of drug-likeness (QED) is 0.806. The molecule has 0 amide bonds. The third kappa shape index (κ3) is 4.17. The molecule has 1 aliphatic rings. The van der Waals surface area contributed by atoms with Crippen molar-refractivity contribution in [2.45, 2.75) is 19.8 Å². The normalized spacial score (nSPS) is 17.3. The van der Waals surface area contributed by atoms with Crippen LogP contribution in [0.5, 0.6) is 0 Å². The van der Waals surface area contributed by atoms with Gasteiger partial charge in [0.1, 0.15) is 5.82 Å². The third-order valence-corrected chi connectivity index (χ3v) is 3.28. The molecule has 0 saturated carbocycles. The highest BCUT2D eigenvalue weighted by Gasteiger charge is 2.14. The van der Waals surface area contributed by atoms with Gasteiger partial charge in [-0.2, -0.15) is 0 Å². The molecule has 0 aliphatic carbocycles. The molecule has 1 aromatic heterocycles. The molecule has 1 aromatic rings. The molecular weight excluding hydrogens is 244 g/mol. The summed E-state index contributed by atoms with van der Waals surface area (Å²) >= 11 is 0. The Bertz CT molecular complexity index is 415. The number of aromatic nitrogens is 2. The number of aromatic carboxylic acids is 1. The Morgan fingerprint density at radius 2 is 2.16 bits per heavy atom. The summed E-state index contributed by atoms with van der Waals surface area (Å²) in [5, 5.41) is 19.4. The fraction of sp³-hybridized carbons (Fsp3) is 0.615. The van der Waals surface area contributed by atoms with E-state index in [0.29, 0.717) is 11.7 Å². The maximum atomic E-state index is 10.6. The fourth-order valence-corrected chi connectivity index (χ4v) is 2.29. The van der Waals surface area contributed by atoms with E-state index in [2.05, 4.69) is 27.3 Å². The number of carboxylic acids is 1. The number of likely N-dealkylation sites (tertiary alicyclic amines) is 1. The smallest absolute Gasteiger partial charge is 0.356 e. The lowest BCUT2D eigenvalue weighted by atomic mass is 10.1. The zero-order valence-electron chi connectivity index (χ0n) is 11.2. The molecule has 0 radical (unpaired) electrons. The number of carbonyl (C=O) groups is 1. The first-order valence-electron chi connectivity index (χ1n) is 6.68.